The second kappa shape index (κ2) is 6.99. The summed E-state index contributed by atoms with van der Waals surface area (Å²) in [7, 11) is 0. The topological polar surface area (TPSA) is 59.8 Å². The van der Waals surface area contributed by atoms with Gasteiger partial charge < -0.3 is 5.32 Å². The Labute approximate surface area is 130 Å². The van der Waals surface area contributed by atoms with Crippen LogP contribution in [0, 0.1) is 0 Å². The molecule has 2 heterocycles. The molecule has 2 rings (SSSR count). The molecule has 0 fully saturated rings. The number of thiazole rings is 1. The van der Waals surface area contributed by atoms with Gasteiger partial charge in [-0.1, -0.05) is 13.8 Å². The molecule has 20 heavy (non-hydrogen) atoms. The summed E-state index contributed by atoms with van der Waals surface area (Å²) in [6.07, 6.45) is 5.25. The number of nitrogens with zero attached hydrogens (tertiary/aromatic N) is 3. The number of nitrogens with one attached hydrogen (secondary N) is 1. The highest BCUT2D eigenvalue weighted by atomic mass is 79.9. The van der Waals surface area contributed by atoms with Crippen molar-refractivity contribution >= 4 is 33.0 Å². The highest BCUT2D eigenvalue weighted by Crippen LogP contribution is 2.26. The number of halogens is 1. The van der Waals surface area contributed by atoms with Crippen molar-refractivity contribution in [1.82, 2.24) is 14.8 Å². The maximum absolute atomic E-state index is 12.1. The van der Waals surface area contributed by atoms with Crippen LogP contribution in [0.15, 0.2) is 27.0 Å². The number of aryl methyl sites for hydroxylation is 1. The average molecular weight is 357 g/mol. The van der Waals surface area contributed by atoms with E-state index in [0.717, 1.165) is 17.8 Å². The standard InChI is InChI=1S/C13H17BrN4OS/c1-3-6-18-13(19)11(14)10(8-16-18)17-9(4-2)12-15-5-7-20-12/h5,7-9,17H,3-4,6H2,1-2H3. The van der Waals surface area contributed by atoms with E-state index in [1.165, 1.54) is 4.68 Å². The molecule has 0 aliphatic carbocycles. The Kier molecular flexibility index (Phi) is 5.31. The summed E-state index contributed by atoms with van der Waals surface area (Å²) in [5.41, 5.74) is 0.607. The molecule has 2 aromatic heterocycles. The van der Waals surface area contributed by atoms with Gasteiger partial charge in [0.15, 0.2) is 0 Å². The Hall–Kier alpha value is -1.21. The fraction of sp³-hybridized carbons (Fsp3) is 0.462. The summed E-state index contributed by atoms with van der Waals surface area (Å²) in [5.74, 6) is 0. The lowest BCUT2D eigenvalue weighted by molar-refractivity contribution is 0.565. The molecule has 0 aliphatic heterocycles. The van der Waals surface area contributed by atoms with Crippen LogP contribution in [0.4, 0.5) is 5.69 Å². The summed E-state index contributed by atoms with van der Waals surface area (Å²) in [5, 5.41) is 10.5. The molecule has 1 N–H and O–H groups in total. The Bertz CT molecular complexity index is 611. The Morgan fingerprint density at radius 2 is 2.30 bits per heavy atom. The molecule has 0 aromatic carbocycles. The molecule has 7 heteroatoms. The molecular weight excluding hydrogens is 340 g/mol. The van der Waals surface area contributed by atoms with Crippen molar-refractivity contribution in [3.63, 3.8) is 0 Å². The Morgan fingerprint density at radius 3 is 2.90 bits per heavy atom. The fourth-order valence-corrected chi connectivity index (χ4v) is 3.06. The molecule has 2 aromatic rings. The van der Waals surface area contributed by atoms with Gasteiger partial charge >= 0.3 is 0 Å². The van der Waals surface area contributed by atoms with Gasteiger partial charge in [-0.2, -0.15) is 5.10 Å². The van der Waals surface area contributed by atoms with Crippen molar-refractivity contribution in [2.75, 3.05) is 5.32 Å². The van der Waals surface area contributed by atoms with Crippen molar-refractivity contribution < 1.29 is 0 Å². The van der Waals surface area contributed by atoms with Gasteiger partial charge in [-0.15, -0.1) is 11.3 Å². The third-order valence-electron chi connectivity index (χ3n) is 2.91. The molecule has 0 aliphatic rings. The van der Waals surface area contributed by atoms with Gasteiger partial charge in [0.1, 0.15) is 9.48 Å². The van der Waals surface area contributed by atoms with Crippen molar-refractivity contribution in [2.45, 2.75) is 39.3 Å². The van der Waals surface area contributed by atoms with Crippen LogP contribution in [0.1, 0.15) is 37.7 Å². The molecule has 1 unspecified atom stereocenters. The van der Waals surface area contributed by atoms with E-state index in [2.05, 4.69) is 38.3 Å². The van der Waals surface area contributed by atoms with Gasteiger partial charge in [0.05, 0.1) is 17.9 Å². The molecular formula is C13H17BrN4OS. The largest absolute Gasteiger partial charge is 0.373 e. The van der Waals surface area contributed by atoms with Crippen LogP contribution in [-0.4, -0.2) is 14.8 Å². The van der Waals surface area contributed by atoms with E-state index < -0.39 is 0 Å². The van der Waals surface area contributed by atoms with Crippen molar-refractivity contribution in [2.24, 2.45) is 0 Å². The maximum Gasteiger partial charge on any atom is 0.283 e. The second-order valence-electron chi connectivity index (χ2n) is 4.38. The Balaban J connectivity index is 2.25. The SMILES string of the molecule is CCCn1ncc(NC(CC)c2nccs2)c(Br)c1=O. The highest BCUT2D eigenvalue weighted by Gasteiger charge is 2.15. The van der Waals surface area contributed by atoms with Crippen LogP contribution in [0.2, 0.25) is 0 Å². The third kappa shape index (κ3) is 3.27. The molecule has 0 radical (unpaired) electrons. The molecule has 0 spiro atoms. The van der Waals surface area contributed by atoms with E-state index in [1.54, 1.807) is 23.7 Å². The van der Waals surface area contributed by atoms with Crippen LogP contribution in [0.25, 0.3) is 0 Å². The van der Waals surface area contributed by atoms with E-state index in [-0.39, 0.29) is 11.6 Å². The lowest BCUT2D eigenvalue weighted by atomic mass is 10.2. The van der Waals surface area contributed by atoms with Crippen LogP contribution < -0.4 is 10.9 Å². The van der Waals surface area contributed by atoms with E-state index >= 15 is 0 Å². The predicted octanol–water partition coefficient (Wildman–Crippen LogP) is 3.44. The average Bonchev–Trinajstić information content (AvgIpc) is 2.97. The maximum atomic E-state index is 12.1. The van der Waals surface area contributed by atoms with Crippen LogP contribution in [0.5, 0.6) is 0 Å². The number of aromatic nitrogens is 3. The summed E-state index contributed by atoms with van der Waals surface area (Å²) in [6, 6.07) is 0.0922. The molecule has 0 saturated heterocycles. The first-order valence-electron chi connectivity index (χ1n) is 6.58. The first-order valence-corrected chi connectivity index (χ1v) is 8.26. The molecule has 0 saturated carbocycles. The lowest BCUT2D eigenvalue weighted by Crippen LogP contribution is -2.25. The normalized spacial score (nSPS) is 12.3. The van der Waals surface area contributed by atoms with Gasteiger partial charge in [-0.05, 0) is 28.8 Å². The minimum absolute atomic E-state index is 0.0922. The smallest absolute Gasteiger partial charge is 0.283 e. The predicted molar refractivity (Wildman–Crippen MR) is 85.3 cm³/mol. The summed E-state index contributed by atoms with van der Waals surface area (Å²) < 4.78 is 2.00. The summed E-state index contributed by atoms with van der Waals surface area (Å²) >= 11 is 4.97. The number of rotatable bonds is 6. The number of hydrogen-bond donors (Lipinski definition) is 1. The zero-order chi connectivity index (χ0) is 14.5. The molecule has 0 amide bonds. The van der Waals surface area contributed by atoms with Crippen molar-refractivity contribution in [1.29, 1.82) is 0 Å². The molecule has 0 bridgehead atoms. The Morgan fingerprint density at radius 1 is 1.50 bits per heavy atom. The van der Waals surface area contributed by atoms with Crippen molar-refractivity contribution in [3.8, 4) is 0 Å². The van der Waals surface area contributed by atoms with Crippen molar-refractivity contribution in [3.05, 3.63) is 37.6 Å². The molecule has 108 valence electrons. The monoisotopic (exact) mass is 356 g/mol. The van der Waals surface area contributed by atoms with Gasteiger partial charge in [-0.25, -0.2) is 9.67 Å². The zero-order valence-electron chi connectivity index (χ0n) is 11.5. The molecule has 1 atom stereocenters. The number of hydrogen-bond acceptors (Lipinski definition) is 5. The fourth-order valence-electron chi connectivity index (χ4n) is 1.87. The minimum Gasteiger partial charge on any atom is -0.373 e. The third-order valence-corrected chi connectivity index (χ3v) is 4.56. The van der Waals surface area contributed by atoms with Crippen LogP contribution in [-0.2, 0) is 6.54 Å². The van der Waals surface area contributed by atoms with Gasteiger partial charge in [0.25, 0.3) is 5.56 Å². The van der Waals surface area contributed by atoms with E-state index in [4.69, 9.17) is 0 Å². The van der Waals surface area contributed by atoms with Gasteiger partial charge in [0, 0.05) is 18.1 Å². The molecule has 5 nitrogen and oxygen atoms in total. The van der Waals surface area contributed by atoms with E-state index in [9.17, 15) is 4.79 Å². The highest BCUT2D eigenvalue weighted by molar-refractivity contribution is 9.10. The first kappa shape index (κ1) is 15.2. The summed E-state index contributed by atoms with van der Waals surface area (Å²) in [4.78, 5) is 16.5. The lowest BCUT2D eigenvalue weighted by Gasteiger charge is -2.17. The van der Waals surface area contributed by atoms with Crippen LogP contribution >= 0.6 is 27.3 Å². The quantitative estimate of drug-likeness (QED) is 0.861. The van der Waals surface area contributed by atoms with E-state index in [1.807, 2.05) is 12.3 Å². The van der Waals surface area contributed by atoms with Gasteiger partial charge in [-0.3, -0.25) is 4.79 Å². The first-order chi connectivity index (χ1) is 9.67. The minimum atomic E-state index is -0.106. The second-order valence-corrected chi connectivity index (χ2v) is 6.10. The number of anilines is 1. The van der Waals surface area contributed by atoms with E-state index in [0.29, 0.717) is 16.7 Å². The van der Waals surface area contributed by atoms with Crippen LogP contribution in [0.3, 0.4) is 0 Å². The summed E-state index contributed by atoms with van der Waals surface area (Å²) in [6.45, 7) is 4.73. The zero-order valence-corrected chi connectivity index (χ0v) is 13.9. The van der Waals surface area contributed by atoms with Gasteiger partial charge in [0.2, 0.25) is 0 Å².